The molecule has 0 saturated carbocycles. The second-order valence-corrected chi connectivity index (χ2v) is 3.18. The zero-order valence-electron chi connectivity index (χ0n) is 7.23. The minimum Gasteiger partial charge on any atom is -0.317 e. The van der Waals surface area contributed by atoms with Crippen LogP contribution in [-0.2, 0) is 0 Å². The van der Waals surface area contributed by atoms with Crippen LogP contribution in [0, 0.1) is 11.8 Å². The van der Waals surface area contributed by atoms with Gasteiger partial charge in [-0.1, -0.05) is 20.8 Å². The standard InChI is InChI=1S/C8H19N/c1-6(2)7(3)8(4)9-5/h6-9H,1-5H3. The second kappa shape index (κ2) is 3.89. The molecule has 0 aliphatic carbocycles. The van der Waals surface area contributed by atoms with Gasteiger partial charge in [0.1, 0.15) is 0 Å². The highest BCUT2D eigenvalue weighted by Crippen LogP contribution is 2.12. The Morgan fingerprint density at radius 2 is 1.44 bits per heavy atom. The lowest BCUT2D eigenvalue weighted by atomic mass is 9.92. The summed E-state index contributed by atoms with van der Waals surface area (Å²) in [4.78, 5) is 0. The number of rotatable bonds is 3. The third kappa shape index (κ3) is 2.85. The van der Waals surface area contributed by atoms with Crippen molar-refractivity contribution in [2.45, 2.75) is 33.7 Å². The molecule has 0 saturated heterocycles. The van der Waals surface area contributed by atoms with Crippen LogP contribution < -0.4 is 5.32 Å². The van der Waals surface area contributed by atoms with Gasteiger partial charge in [-0.2, -0.15) is 0 Å². The van der Waals surface area contributed by atoms with E-state index in [1.807, 2.05) is 7.05 Å². The van der Waals surface area contributed by atoms with E-state index >= 15 is 0 Å². The Balaban J connectivity index is 3.58. The van der Waals surface area contributed by atoms with Crippen LogP contribution in [0.25, 0.3) is 0 Å². The summed E-state index contributed by atoms with van der Waals surface area (Å²) >= 11 is 0. The summed E-state index contributed by atoms with van der Waals surface area (Å²) < 4.78 is 0. The molecule has 0 radical (unpaired) electrons. The van der Waals surface area contributed by atoms with E-state index in [0.717, 1.165) is 11.8 Å². The van der Waals surface area contributed by atoms with Gasteiger partial charge in [0.15, 0.2) is 0 Å². The number of hydrogen-bond donors (Lipinski definition) is 1. The lowest BCUT2D eigenvalue weighted by Gasteiger charge is -2.22. The topological polar surface area (TPSA) is 12.0 Å². The van der Waals surface area contributed by atoms with Gasteiger partial charge < -0.3 is 5.32 Å². The summed E-state index contributed by atoms with van der Waals surface area (Å²) in [6.45, 7) is 9.04. The minimum absolute atomic E-state index is 0.644. The summed E-state index contributed by atoms with van der Waals surface area (Å²) in [6, 6.07) is 0.644. The molecule has 0 aliphatic rings. The Bertz CT molecular complexity index is 69.0. The average molecular weight is 129 g/mol. The van der Waals surface area contributed by atoms with Gasteiger partial charge in [-0.3, -0.25) is 0 Å². The predicted molar refractivity (Wildman–Crippen MR) is 42.5 cm³/mol. The van der Waals surface area contributed by atoms with Crippen LogP contribution in [-0.4, -0.2) is 13.1 Å². The van der Waals surface area contributed by atoms with Crippen LogP contribution in [0.5, 0.6) is 0 Å². The van der Waals surface area contributed by atoms with Gasteiger partial charge in [-0.25, -0.2) is 0 Å². The Morgan fingerprint density at radius 3 is 1.56 bits per heavy atom. The third-order valence-corrected chi connectivity index (χ3v) is 2.30. The fraction of sp³-hybridized carbons (Fsp3) is 1.00. The lowest BCUT2D eigenvalue weighted by Crippen LogP contribution is -2.31. The lowest BCUT2D eigenvalue weighted by molar-refractivity contribution is 0.329. The van der Waals surface area contributed by atoms with Gasteiger partial charge in [-0.15, -0.1) is 0 Å². The molecular weight excluding hydrogens is 110 g/mol. The van der Waals surface area contributed by atoms with E-state index in [2.05, 4.69) is 33.0 Å². The Hall–Kier alpha value is -0.0400. The highest BCUT2D eigenvalue weighted by atomic mass is 14.9. The van der Waals surface area contributed by atoms with Crippen molar-refractivity contribution < 1.29 is 0 Å². The molecule has 0 bridgehead atoms. The van der Waals surface area contributed by atoms with Gasteiger partial charge in [0, 0.05) is 6.04 Å². The fourth-order valence-corrected chi connectivity index (χ4v) is 0.840. The second-order valence-electron chi connectivity index (χ2n) is 3.18. The quantitative estimate of drug-likeness (QED) is 0.613. The summed E-state index contributed by atoms with van der Waals surface area (Å²) in [5, 5.41) is 3.25. The summed E-state index contributed by atoms with van der Waals surface area (Å²) in [7, 11) is 2.02. The largest absolute Gasteiger partial charge is 0.317 e. The maximum Gasteiger partial charge on any atom is 0.00638 e. The highest BCUT2D eigenvalue weighted by molar-refractivity contribution is 4.68. The van der Waals surface area contributed by atoms with Gasteiger partial charge in [0.25, 0.3) is 0 Å². The molecule has 2 atom stereocenters. The predicted octanol–water partition coefficient (Wildman–Crippen LogP) is 1.89. The van der Waals surface area contributed by atoms with E-state index in [-0.39, 0.29) is 0 Å². The van der Waals surface area contributed by atoms with Crippen molar-refractivity contribution in [3.63, 3.8) is 0 Å². The first kappa shape index (κ1) is 8.96. The van der Waals surface area contributed by atoms with Gasteiger partial charge in [0.2, 0.25) is 0 Å². The van der Waals surface area contributed by atoms with Crippen molar-refractivity contribution in [1.82, 2.24) is 5.32 Å². The molecule has 0 aromatic carbocycles. The van der Waals surface area contributed by atoms with Crippen LogP contribution >= 0.6 is 0 Å². The molecule has 0 aromatic rings. The molecule has 0 rings (SSSR count). The van der Waals surface area contributed by atoms with E-state index in [1.54, 1.807) is 0 Å². The van der Waals surface area contributed by atoms with E-state index in [1.165, 1.54) is 0 Å². The molecule has 1 N–H and O–H groups in total. The summed E-state index contributed by atoms with van der Waals surface area (Å²) in [6.07, 6.45) is 0. The zero-order chi connectivity index (χ0) is 7.44. The van der Waals surface area contributed by atoms with Crippen LogP contribution in [0.1, 0.15) is 27.7 Å². The Morgan fingerprint density at radius 1 is 1.00 bits per heavy atom. The number of hydrogen-bond acceptors (Lipinski definition) is 1. The van der Waals surface area contributed by atoms with Crippen LogP contribution in [0.4, 0.5) is 0 Å². The zero-order valence-corrected chi connectivity index (χ0v) is 7.23. The molecule has 9 heavy (non-hydrogen) atoms. The van der Waals surface area contributed by atoms with Gasteiger partial charge >= 0.3 is 0 Å². The van der Waals surface area contributed by atoms with Crippen LogP contribution in [0.2, 0.25) is 0 Å². The summed E-state index contributed by atoms with van der Waals surface area (Å²) in [5.74, 6) is 1.56. The molecule has 0 heterocycles. The van der Waals surface area contributed by atoms with Crippen LogP contribution in [0.15, 0.2) is 0 Å². The molecule has 0 amide bonds. The average Bonchev–Trinajstić information content (AvgIpc) is 1.84. The van der Waals surface area contributed by atoms with Crippen molar-refractivity contribution in [1.29, 1.82) is 0 Å². The van der Waals surface area contributed by atoms with Crippen molar-refractivity contribution in [3.8, 4) is 0 Å². The Labute approximate surface area is 58.8 Å². The van der Waals surface area contributed by atoms with Crippen molar-refractivity contribution in [2.75, 3.05) is 7.05 Å². The Kier molecular flexibility index (Phi) is 3.87. The number of nitrogens with one attached hydrogen (secondary N) is 1. The monoisotopic (exact) mass is 129 g/mol. The van der Waals surface area contributed by atoms with E-state index < -0.39 is 0 Å². The molecule has 1 heteroatoms. The molecular formula is C8H19N. The van der Waals surface area contributed by atoms with Gasteiger partial charge in [0.05, 0.1) is 0 Å². The molecule has 2 unspecified atom stereocenters. The SMILES string of the molecule is CNC(C)C(C)C(C)C. The van der Waals surface area contributed by atoms with Crippen LogP contribution in [0.3, 0.4) is 0 Å². The van der Waals surface area contributed by atoms with Gasteiger partial charge in [-0.05, 0) is 25.8 Å². The molecule has 56 valence electrons. The molecule has 0 fully saturated rings. The first-order valence-corrected chi connectivity index (χ1v) is 3.76. The van der Waals surface area contributed by atoms with Crippen molar-refractivity contribution >= 4 is 0 Å². The first-order valence-electron chi connectivity index (χ1n) is 3.76. The molecule has 0 aliphatic heterocycles. The smallest absolute Gasteiger partial charge is 0.00638 e. The maximum atomic E-state index is 3.25. The van der Waals surface area contributed by atoms with Crippen molar-refractivity contribution in [3.05, 3.63) is 0 Å². The molecule has 1 nitrogen and oxygen atoms in total. The summed E-state index contributed by atoms with van der Waals surface area (Å²) in [5.41, 5.74) is 0. The van der Waals surface area contributed by atoms with E-state index in [4.69, 9.17) is 0 Å². The third-order valence-electron chi connectivity index (χ3n) is 2.30. The van der Waals surface area contributed by atoms with Crippen molar-refractivity contribution in [2.24, 2.45) is 11.8 Å². The molecule has 0 aromatic heterocycles. The highest BCUT2D eigenvalue weighted by Gasteiger charge is 2.12. The first-order chi connectivity index (χ1) is 4.09. The molecule has 0 spiro atoms. The van der Waals surface area contributed by atoms with E-state index in [9.17, 15) is 0 Å². The minimum atomic E-state index is 0.644. The van der Waals surface area contributed by atoms with E-state index in [0.29, 0.717) is 6.04 Å². The maximum absolute atomic E-state index is 3.25. The normalized spacial score (nSPS) is 18.0. The fourth-order valence-electron chi connectivity index (χ4n) is 0.840.